The van der Waals surface area contributed by atoms with Crippen molar-refractivity contribution in [3.8, 4) is 0 Å². The Morgan fingerprint density at radius 3 is 2.44 bits per heavy atom. The first-order valence-corrected chi connectivity index (χ1v) is 6.41. The summed E-state index contributed by atoms with van der Waals surface area (Å²) in [4.78, 5) is 4.36. The normalized spacial score (nSPS) is 12.4. The molecule has 0 amide bonds. The van der Waals surface area contributed by atoms with Gasteiger partial charge in [0.2, 0.25) is 0 Å². The fraction of sp³-hybridized carbons (Fsp3) is 0.312. The van der Waals surface area contributed by atoms with E-state index in [2.05, 4.69) is 24.0 Å². The van der Waals surface area contributed by atoms with Gasteiger partial charge in [-0.1, -0.05) is 43.7 Å². The van der Waals surface area contributed by atoms with E-state index < -0.39 is 6.10 Å². The van der Waals surface area contributed by atoms with Gasteiger partial charge in [0, 0.05) is 5.69 Å². The van der Waals surface area contributed by atoms with Crippen LogP contribution < -0.4 is 0 Å². The van der Waals surface area contributed by atoms with E-state index in [-0.39, 0.29) is 0 Å². The van der Waals surface area contributed by atoms with Crippen molar-refractivity contribution in [2.24, 2.45) is 0 Å². The number of hydrogen-bond donors (Lipinski definition) is 1. The fourth-order valence-corrected chi connectivity index (χ4v) is 2.04. The van der Waals surface area contributed by atoms with E-state index in [1.165, 1.54) is 5.56 Å². The van der Waals surface area contributed by atoms with E-state index in [1.807, 2.05) is 37.3 Å². The van der Waals surface area contributed by atoms with Crippen molar-refractivity contribution in [1.29, 1.82) is 0 Å². The van der Waals surface area contributed by atoms with Crippen LogP contribution >= 0.6 is 0 Å². The number of aryl methyl sites for hydroxylation is 2. The largest absolute Gasteiger partial charge is 0.382 e. The number of aliphatic hydroxyl groups is 1. The first-order chi connectivity index (χ1) is 8.70. The van der Waals surface area contributed by atoms with Crippen LogP contribution in [0.15, 0.2) is 42.5 Å². The minimum atomic E-state index is -0.638. The van der Waals surface area contributed by atoms with Crippen LogP contribution in [0.2, 0.25) is 0 Å². The summed E-state index contributed by atoms with van der Waals surface area (Å²) in [5, 5.41) is 10.3. The van der Waals surface area contributed by atoms with Gasteiger partial charge in [0.1, 0.15) is 6.10 Å². The summed E-state index contributed by atoms with van der Waals surface area (Å²) < 4.78 is 0. The Morgan fingerprint density at radius 1 is 1.11 bits per heavy atom. The van der Waals surface area contributed by atoms with Gasteiger partial charge in [-0.25, -0.2) is 0 Å². The van der Waals surface area contributed by atoms with Crippen molar-refractivity contribution in [3.63, 3.8) is 0 Å². The number of rotatable bonds is 4. The molecule has 0 bridgehead atoms. The summed E-state index contributed by atoms with van der Waals surface area (Å²) in [5.41, 5.74) is 3.84. The van der Waals surface area contributed by atoms with Gasteiger partial charge in [0.05, 0.1) is 5.69 Å². The lowest BCUT2D eigenvalue weighted by Gasteiger charge is -2.11. The molecule has 0 saturated carbocycles. The smallest absolute Gasteiger partial charge is 0.121 e. The van der Waals surface area contributed by atoms with Gasteiger partial charge >= 0.3 is 0 Å². The quantitative estimate of drug-likeness (QED) is 0.889. The molecule has 0 radical (unpaired) electrons. The Morgan fingerprint density at radius 2 is 1.83 bits per heavy atom. The van der Waals surface area contributed by atoms with E-state index in [4.69, 9.17) is 0 Å². The molecule has 0 aliphatic carbocycles. The molecule has 2 rings (SSSR count). The molecular formula is C16H19NO. The van der Waals surface area contributed by atoms with Crippen molar-refractivity contribution in [3.05, 3.63) is 65.0 Å². The Bertz CT molecular complexity index is 505. The number of aliphatic hydroxyl groups excluding tert-OH is 1. The second kappa shape index (κ2) is 5.78. The number of pyridine rings is 1. The second-order valence-electron chi connectivity index (χ2n) is 4.60. The number of nitrogens with zero attached hydrogens (tertiary/aromatic N) is 1. The molecule has 1 unspecified atom stereocenters. The average molecular weight is 241 g/mol. The molecule has 1 aromatic carbocycles. The van der Waals surface area contributed by atoms with Crippen molar-refractivity contribution in [1.82, 2.24) is 4.98 Å². The predicted octanol–water partition coefficient (Wildman–Crippen LogP) is 3.42. The summed E-state index contributed by atoms with van der Waals surface area (Å²) in [5.74, 6) is 0. The van der Waals surface area contributed by atoms with Crippen molar-refractivity contribution in [2.45, 2.75) is 32.8 Å². The van der Waals surface area contributed by atoms with Crippen molar-refractivity contribution >= 4 is 0 Å². The van der Waals surface area contributed by atoms with Crippen LogP contribution in [-0.4, -0.2) is 10.1 Å². The van der Waals surface area contributed by atoms with E-state index in [0.717, 1.165) is 24.1 Å². The van der Waals surface area contributed by atoms with Crippen LogP contribution in [0.25, 0.3) is 0 Å². The Kier molecular flexibility index (Phi) is 4.11. The average Bonchev–Trinajstić information content (AvgIpc) is 2.39. The first kappa shape index (κ1) is 12.8. The molecule has 2 nitrogen and oxygen atoms in total. The predicted molar refractivity (Wildman–Crippen MR) is 73.5 cm³/mol. The molecule has 0 aliphatic rings. The molecule has 0 saturated heterocycles. The molecule has 0 spiro atoms. The highest BCUT2D eigenvalue weighted by Crippen LogP contribution is 2.21. The summed E-state index contributed by atoms with van der Waals surface area (Å²) in [6.45, 7) is 4.10. The van der Waals surface area contributed by atoms with E-state index in [9.17, 15) is 5.11 Å². The van der Waals surface area contributed by atoms with Gasteiger partial charge in [-0.3, -0.25) is 4.98 Å². The molecule has 94 valence electrons. The van der Waals surface area contributed by atoms with Crippen molar-refractivity contribution in [2.75, 3.05) is 0 Å². The lowest BCUT2D eigenvalue weighted by Crippen LogP contribution is -2.03. The minimum Gasteiger partial charge on any atom is -0.382 e. The summed E-state index contributed by atoms with van der Waals surface area (Å²) >= 11 is 0. The molecule has 0 aliphatic heterocycles. The number of aromatic nitrogens is 1. The summed E-state index contributed by atoms with van der Waals surface area (Å²) in [7, 11) is 0. The molecule has 1 atom stereocenters. The van der Waals surface area contributed by atoms with Gasteiger partial charge in [-0.2, -0.15) is 0 Å². The van der Waals surface area contributed by atoms with Crippen LogP contribution in [0.1, 0.15) is 42.0 Å². The standard InChI is InChI=1S/C16H19NO/c1-3-5-13-8-10-14(11-9-13)16(18)15-7-4-6-12(2)17-15/h4,6-11,16,18H,3,5H2,1-2H3. The molecule has 2 heteroatoms. The topological polar surface area (TPSA) is 33.1 Å². The third-order valence-corrected chi connectivity index (χ3v) is 3.02. The summed E-state index contributed by atoms with van der Waals surface area (Å²) in [6.07, 6.45) is 1.58. The molecule has 0 fully saturated rings. The van der Waals surface area contributed by atoms with Crippen molar-refractivity contribution < 1.29 is 5.11 Å². The second-order valence-corrected chi connectivity index (χ2v) is 4.60. The highest BCUT2D eigenvalue weighted by atomic mass is 16.3. The number of benzene rings is 1. The van der Waals surface area contributed by atoms with Gasteiger partial charge < -0.3 is 5.11 Å². The van der Waals surface area contributed by atoms with E-state index >= 15 is 0 Å². The molecular weight excluding hydrogens is 222 g/mol. The zero-order valence-electron chi connectivity index (χ0n) is 10.9. The molecule has 18 heavy (non-hydrogen) atoms. The van der Waals surface area contributed by atoms with Crippen LogP contribution in [0.3, 0.4) is 0 Å². The minimum absolute atomic E-state index is 0.638. The maximum Gasteiger partial charge on any atom is 0.121 e. The SMILES string of the molecule is CCCc1ccc(C(O)c2cccc(C)n2)cc1. The van der Waals surface area contributed by atoms with Crippen LogP contribution in [0.5, 0.6) is 0 Å². The number of hydrogen-bond acceptors (Lipinski definition) is 2. The maximum atomic E-state index is 10.3. The van der Waals surface area contributed by atoms with Gasteiger partial charge in [-0.05, 0) is 36.6 Å². The summed E-state index contributed by atoms with van der Waals surface area (Å²) in [6, 6.07) is 13.8. The van der Waals surface area contributed by atoms with Gasteiger partial charge in [-0.15, -0.1) is 0 Å². The first-order valence-electron chi connectivity index (χ1n) is 6.41. The molecule has 1 N–H and O–H groups in total. The van der Waals surface area contributed by atoms with Crippen LogP contribution in [0.4, 0.5) is 0 Å². The lowest BCUT2D eigenvalue weighted by molar-refractivity contribution is 0.215. The van der Waals surface area contributed by atoms with E-state index in [1.54, 1.807) is 0 Å². The van der Waals surface area contributed by atoms with Gasteiger partial charge in [0.25, 0.3) is 0 Å². The fourth-order valence-electron chi connectivity index (χ4n) is 2.04. The monoisotopic (exact) mass is 241 g/mol. The lowest BCUT2D eigenvalue weighted by atomic mass is 10.0. The Labute approximate surface area is 108 Å². The zero-order chi connectivity index (χ0) is 13.0. The maximum absolute atomic E-state index is 10.3. The molecule has 1 heterocycles. The zero-order valence-corrected chi connectivity index (χ0v) is 10.9. The van der Waals surface area contributed by atoms with E-state index in [0.29, 0.717) is 5.69 Å². The molecule has 2 aromatic rings. The Balaban J connectivity index is 2.20. The Hall–Kier alpha value is -1.67. The van der Waals surface area contributed by atoms with Crippen LogP contribution in [0, 0.1) is 6.92 Å². The highest BCUT2D eigenvalue weighted by molar-refractivity contribution is 5.29. The highest BCUT2D eigenvalue weighted by Gasteiger charge is 2.11. The van der Waals surface area contributed by atoms with Gasteiger partial charge in [0.15, 0.2) is 0 Å². The molecule has 1 aromatic heterocycles. The third-order valence-electron chi connectivity index (χ3n) is 3.02. The van der Waals surface area contributed by atoms with Crippen LogP contribution in [-0.2, 0) is 6.42 Å². The third kappa shape index (κ3) is 2.96.